The molecule has 2 aromatic heterocycles. The van der Waals surface area contributed by atoms with Gasteiger partial charge in [0.25, 0.3) is 0 Å². The molecule has 3 aromatic rings. The summed E-state index contributed by atoms with van der Waals surface area (Å²) in [5, 5.41) is 10.9. The van der Waals surface area contributed by atoms with Gasteiger partial charge in [-0.05, 0) is 26.0 Å². The van der Waals surface area contributed by atoms with Crippen molar-refractivity contribution in [2.45, 2.75) is 37.3 Å². The lowest BCUT2D eigenvalue weighted by atomic mass is 10.1. The topological polar surface area (TPSA) is 111 Å². The van der Waals surface area contributed by atoms with Crippen molar-refractivity contribution in [1.82, 2.24) is 10.2 Å². The van der Waals surface area contributed by atoms with Crippen LogP contribution in [0.15, 0.2) is 44.1 Å². The molecule has 30 heavy (non-hydrogen) atoms. The molecule has 0 spiro atoms. The number of hydrogen-bond acceptors (Lipinski definition) is 9. The third-order valence-electron chi connectivity index (χ3n) is 3.82. The molecule has 1 N–H and O–H groups in total. The summed E-state index contributed by atoms with van der Waals surface area (Å²) in [5.74, 6) is -0.206. The largest absolute Gasteiger partial charge is 0.464 e. The van der Waals surface area contributed by atoms with Crippen LogP contribution in [0, 0.1) is 13.8 Å². The standard InChI is InChI=1S/C20H19N3O5S2/c1-4-17(25)21-19-22-23-20(30-19)29-10-14-8-15(24)16(9-27-14)28-18(26)13-6-11(2)5-12(3)7-13/h5-9H,4,10H2,1-3H3,(H,21,22,25). The van der Waals surface area contributed by atoms with E-state index in [0.717, 1.165) is 17.4 Å². The van der Waals surface area contributed by atoms with E-state index in [1.165, 1.54) is 29.2 Å². The van der Waals surface area contributed by atoms with Gasteiger partial charge in [0, 0.05) is 12.5 Å². The second-order valence-electron chi connectivity index (χ2n) is 6.40. The molecule has 0 saturated heterocycles. The number of carbonyl (C=O) groups excluding carboxylic acids is 2. The number of hydrogen-bond donors (Lipinski definition) is 1. The lowest BCUT2D eigenvalue weighted by Gasteiger charge is -2.06. The summed E-state index contributed by atoms with van der Waals surface area (Å²) in [6.07, 6.45) is 1.49. The van der Waals surface area contributed by atoms with Gasteiger partial charge in [-0.1, -0.05) is 47.2 Å². The number of benzene rings is 1. The van der Waals surface area contributed by atoms with Crippen molar-refractivity contribution in [3.63, 3.8) is 0 Å². The molecule has 0 unspecified atom stereocenters. The highest BCUT2D eigenvalue weighted by atomic mass is 32.2. The number of carbonyl (C=O) groups is 2. The van der Waals surface area contributed by atoms with E-state index in [1.54, 1.807) is 19.1 Å². The molecule has 0 fully saturated rings. The zero-order valence-corrected chi connectivity index (χ0v) is 18.2. The van der Waals surface area contributed by atoms with Crippen molar-refractivity contribution in [2.24, 2.45) is 0 Å². The Bertz CT molecular complexity index is 1120. The van der Waals surface area contributed by atoms with Gasteiger partial charge in [0.1, 0.15) is 12.0 Å². The molecule has 0 saturated carbocycles. The minimum atomic E-state index is -0.619. The molecule has 0 aliphatic carbocycles. The minimum absolute atomic E-state index is 0.139. The fraction of sp³-hybridized carbons (Fsp3) is 0.250. The van der Waals surface area contributed by atoms with Gasteiger partial charge in [-0.25, -0.2) is 4.79 Å². The maximum Gasteiger partial charge on any atom is 0.343 e. The lowest BCUT2D eigenvalue weighted by molar-refractivity contribution is -0.115. The highest BCUT2D eigenvalue weighted by Gasteiger charge is 2.14. The second-order valence-corrected chi connectivity index (χ2v) is 8.60. The van der Waals surface area contributed by atoms with Gasteiger partial charge in [-0.15, -0.1) is 10.2 Å². The van der Waals surface area contributed by atoms with Crippen LogP contribution in [0.3, 0.4) is 0 Å². The number of ether oxygens (including phenoxy) is 1. The quantitative estimate of drug-likeness (QED) is 0.330. The van der Waals surface area contributed by atoms with Gasteiger partial charge in [0.2, 0.25) is 22.2 Å². The van der Waals surface area contributed by atoms with Gasteiger partial charge in [-0.3, -0.25) is 9.59 Å². The average molecular weight is 446 g/mol. The van der Waals surface area contributed by atoms with Crippen molar-refractivity contribution >= 4 is 40.1 Å². The van der Waals surface area contributed by atoms with Crippen LogP contribution >= 0.6 is 23.1 Å². The number of anilines is 1. The van der Waals surface area contributed by atoms with Crippen LogP contribution in [0.25, 0.3) is 0 Å². The first-order valence-electron chi connectivity index (χ1n) is 9.02. The van der Waals surface area contributed by atoms with Gasteiger partial charge >= 0.3 is 5.97 Å². The molecule has 0 aliphatic rings. The Morgan fingerprint density at radius 3 is 2.57 bits per heavy atom. The summed E-state index contributed by atoms with van der Waals surface area (Å²) in [5.41, 5.74) is 1.77. The Morgan fingerprint density at radius 2 is 1.90 bits per heavy atom. The Kier molecular flexibility index (Phi) is 7.01. The third-order valence-corrected chi connectivity index (χ3v) is 5.82. The van der Waals surface area contributed by atoms with Crippen molar-refractivity contribution in [1.29, 1.82) is 0 Å². The number of amides is 1. The summed E-state index contributed by atoms with van der Waals surface area (Å²) < 4.78 is 11.2. The van der Waals surface area contributed by atoms with E-state index < -0.39 is 11.4 Å². The maximum absolute atomic E-state index is 12.3. The number of thioether (sulfide) groups is 1. The van der Waals surface area contributed by atoms with Crippen LogP contribution in [-0.2, 0) is 10.5 Å². The average Bonchev–Trinajstić information content (AvgIpc) is 3.14. The number of nitrogens with one attached hydrogen (secondary N) is 1. The number of aromatic nitrogens is 2. The van der Waals surface area contributed by atoms with Gasteiger partial charge < -0.3 is 14.5 Å². The molecule has 2 heterocycles. The van der Waals surface area contributed by atoms with E-state index in [0.29, 0.717) is 33.0 Å². The van der Waals surface area contributed by atoms with Crippen molar-refractivity contribution in [3.05, 3.63) is 63.2 Å². The minimum Gasteiger partial charge on any atom is -0.464 e. The molecular formula is C20H19N3O5S2. The summed E-state index contributed by atoms with van der Waals surface area (Å²) in [6.45, 7) is 5.50. The molecule has 0 radical (unpaired) electrons. The molecular weight excluding hydrogens is 426 g/mol. The number of aryl methyl sites for hydroxylation is 2. The zero-order valence-electron chi connectivity index (χ0n) is 16.6. The molecule has 0 atom stereocenters. The molecule has 8 nitrogen and oxygen atoms in total. The zero-order chi connectivity index (χ0) is 21.7. The summed E-state index contributed by atoms with van der Waals surface area (Å²) in [4.78, 5) is 36.0. The Hall–Kier alpha value is -2.98. The molecule has 156 valence electrons. The van der Waals surface area contributed by atoms with E-state index in [-0.39, 0.29) is 11.7 Å². The van der Waals surface area contributed by atoms with Crippen molar-refractivity contribution in [2.75, 3.05) is 5.32 Å². The summed E-state index contributed by atoms with van der Waals surface area (Å²) >= 11 is 2.54. The van der Waals surface area contributed by atoms with Crippen LogP contribution in [0.2, 0.25) is 0 Å². The van der Waals surface area contributed by atoms with E-state index in [2.05, 4.69) is 15.5 Å². The molecule has 10 heteroatoms. The van der Waals surface area contributed by atoms with Crippen LogP contribution < -0.4 is 15.5 Å². The fourth-order valence-corrected chi connectivity index (χ4v) is 4.16. The molecule has 3 rings (SSSR count). The second kappa shape index (κ2) is 9.68. The Balaban J connectivity index is 1.62. The Morgan fingerprint density at radius 1 is 1.17 bits per heavy atom. The monoisotopic (exact) mass is 445 g/mol. The Labute approximate surface area is 180 Å². The lowest BCUT2D eigenvalue weighted by Crippen LogP contribution is -2.15. The van der Waals surface area contributed by atoms with Crippen LogP contribution in [0.4, 0.5) is 5.13 Å². The summed E-state index contributed by atoms with van der Waals surface area (Å²) in [7, 11) is 0. The van der Waals surface area contributed by atoms with Crippen LogP contribution in [0.5, 0.6) is 5.75 Å². The van der Waals surface area contributed by atoms with Gasteiger partial charge in [0.05, 0.1) is 11.3 Å². The SMILES string of the molecule is CCC(=O)Nc1nnc(SCc2cc(=O)c(OC(=O)c3cc(C)cc(C)c3)co2)s1. The van der Waals surface area contributed by atoms with E-state index in [1.807, 2.05) is 19.9 Å². The predicted molar refractivity (Wildman–Crippen MR) is 114 cm³/mol. The van der Waals surface area contributed by atoms with Gasteiger partial charge in [-0.2, -0.15) is 0 Å². The molecule has 1 amide bonds. The van der Waals surface area contributed by atoms with E-state index >= 15 is 0 Å². The molecule has 0 aliphatic heterocycles. The first-order chi connectivity index (χ1) is 14.3. The van der Waals surface area contributed by atoms with E-state index in [9.17, 15) is 14.4 Å². The summed E-state index contributed by atoms with van der Waals surface area (Å²) in [6, 6.07) is 6.61. The van der Waals surface area contributed by atoms with Crippen LogP contribution in [-0.4, -0.2) is 22.1 Å². The van der Waals surface area contributed by atoms with Crippen LogP contribution in [0.1, 0.15) is 40.6 Å². The molecule has 0 bridgehead atoms. The number of nitrogens with zero attached hydrogens (tertiary/aromatic N) is 2. The molecule has 1 aromatic carbocycles. The fourth-order valence-electron chi connectivity index (χ4n) is 2.50. The number of esters is 1. The highest BCUT2D eigenvalue weighted by molar-refractivity contribution is 8.00. The first kappa shape index (κ1) is 21.7. The van der Waals surface area contributed by atoms with E-state index in [4.69, 9.17) is 9.15 Å². The van der Waals surface area contributed by atoms with Crippen molar-refractivity contribution < 1.29 is 18.7 Å². The van der Waals surface area contributed by atoms with Crippen molar-refractivity contribution in [3.8, 4) is 5.75 Å². The normalized spacial score (nSPS) is 10.6. The van der Waals surface area contributed by atoms with Gasteiger partial charge in [0.15, 0.2) is 4.34 Å². The third kappa shape index (κ3) is 5.77. The maximum atomic E-state index is 12.3. The smallest absolute Gasteiger partial charge is 0.343 e. The first-order valence-corrected chi connectivity index (χ1v) is 10.8. The predicted octanol–water partition coefficient (Wildman–Crippen LogP) is 3.97. The highest BCUT2D eigenvalue weighted by Crippen LogP contribution is 2.28. The number of rotatable bonds is 7.